The Morgan fingerprint density at radius 1 is 1.35 bits per heavy atom. The first-order chi connectivity index (χ1) is 8.31. The second-order valence-corrected chi connectivity index (χ2v) is 6.26. The summed E-state index contributed by atoms with van der Waals surface area (Å²) in [5.41, 5.74) is 2.52. The van der Waals surface area contributed by atoms with Gasteiger partial charge in [0.2, 0.25) is 5.88 Å². The van der Waals surface area contributed by atoms with Gasteiger partial charge in [-0.05, 0) is 42.9 Å². The standard InChI is InChI=1S/C13H18N2OS/c1-9-2-3-12-10(6-9)7-13(15-14-12)16-11-4-5-17-8-11/h7,9,11H,2-6,8H2,1H3. The maximum absolute atomic E-state index is 5.88. The summed E-state index contributed by atoms with van der Waals surface area (Å²) in [5.74, 6) is 3.79. The van der Waals surface area contributed by atoms with Crippen LogP contribution in [0.1, 0.15) is 31.0 Å². The summed E-state index contributed by atoms with van der Waals surface area (Å²) in [5, 5.41) is 8.51. The first-order valence-corrected chi connectivity index (χ1v) is 7.56. The van der Waals surface area contributed by atoms with Gasteiger partial charge in [-0.15, -0.1) is 5.10 Å². The number of nitrogens with zero attached hydrogens (tertiary/aromatic N) is 2. The summed E-state index contributed by atoms with van der Waals surface area (Å²) < 4.78 is 5.88. The molecule has 17 heavy (non-hydrogen) atoms. The van der Waals surface area contributed by atoms with Gasteiger partial charge in [0.1, 0.15) is 6.10 Å². The van der Waals surface area contributed by atoms with Crippen LogP contribution in [0.4, 0.5) is 0 Å². The van der Waals surface area contributed by atoms with Crippen molar-refractivity contribution in [2.45, 2.75) is 38.7 Å². The molecule has 1 aliphatic carbocycles. The first-order valence-electron chi connectivity index (χ1n) is 6.41. The predicted octanol–water partition coefficient (Wildman–Crippen LogP) is 2.49. The summed E-state index contributed by atoms with van der Waals surface area (Å²) in [4.78, 5) is 0. The molecule has 1 saturated heterocycles. The lowest BCUT2D eigenvalue weighted by Gasteiger charge is -2.20. The largest absolute Gasteiger partial charge is 0.472 e. The third-order valence-electron chi connectivity index (χ3n) is 3.56. The first kappa shape index (κ1) is 11.3. The van der Waals surface area contributed by atoms with Crippen LogP contribution in [0.5, 0.6) is 5.88 Å². The van der Waals surface area contributed by atoms with Crippen molar-refractivity contribution in [3.05, 3.63) is 17.3 Å². The lowest BCUT2D eigenvalue weighted by molar-refractivity contribution is 0.216. The van der Waals surface area contributed by atoms with Crippen molar-refractivity contribution in [1.29, 1.82) is 0 Å². The molecule has 0 radical (unpaired) electrons. The van der Waals surface area contributed by atoms with E-state index in [4.69, 9.17) is 4.74 Å². The number of ether oxygens (including phenoxy) is 1. The van der Waals surface area contributed by atoms with Crippen LogP contribution < -0.4 is 4.74 Å². The normalized spacial score (nSPS) is 27.8. The monoisotopic (exact) mass is 250 g/mol. The van der Waals surface area contributed by atoms with Crippen molar-refractivity contribution in [2.75, 3.05) is 11.5 Å². The van der Waals surface area contributed by atoms with Gasteiger partial charge in [-0.3, -0.25) is 0 Å². The third kappa shape index (κ3) is 2.57. The van der Waals surface area contributed by atoms with Gasteiger partial charge >= 0.3 is 0 Å². The molecule has 3 nitrogen and oxygen atoms in total. The Bertz CT molecular complexity index is 404. The fourth-order valence-electron chi connectivity index (χ4n) is 2.52. The molecule has 3 rings (SSSR count). The number of rotatable bonds is 2. The van der Waals surface area contributed by atoms with E-state index in [1.165, 1.54) is 23.4 Å². The highest BCUT2D eigenvalue weighted by molar-refractivity contribution is 7.99. The number of aromatic nitrogens is 2. The topological polar surface area (TPSA) is 35.0 Å². The van der Waals surface area contributed by atoms with E-state index >= 15 is 0 Å². The molecule has 1 fully saturated rings. The van der Waals surface area contributed by atoms with E-state index < -0.39 is 0 Å². The second-order valence-electron chi connectivity index (χ2n) is 5.11. The van der Waals surface area contributed by atoms with E-state index in [0.717, 1.165) is 36.8 Å². The molecular weight excluding hydrogens is 232 g/mol. The van der Waals surface area contributed by atoms with Crippen LogP contribution >= 0.6 is 11.8 Å². The minimum Gasteiger partial charge on any atom is -0.472 e. The van der Waals surface area contributed by atoms with E-state index in [1.807, 2.05) is 11.8 Å². The van der Waals surface area contributed by atoms with E-state index in [-0.39, 0.29) is 0 Å². The molecule has 0 amide bonds. The molecule has 2 heterocycles. The molecule has 0 N–H and O–H groups in total. The van der Waals surface area contributed by atoms with Crippen LogP contribution in [0.2, 0.25) is 0 Å². The van der Waals surface area contributed by atoms with Gasteiger partial charge in [0, 0.05) is 11.8 Å². The lowest BCUT2D eigenvalue weighted by atomic mass is 9.88. The summed E-state index contributed by atoms with van der Waals surface area (Å²) in [7, 11) is 0. The van der Waals surface area contributed by atoms with Crippen molar-refractivity contribution < 1.29 is 4.74 Å². The number of fused-ring (bicyclic) bond motifs is 1. The van der Waals surface area contributed by atoms with Crippen LogP contribution in [-0.2, 0) is 12.8 Å². The Labute approximate surface area is 106 Å². The van der Waals surface area contributed by atoms with Crippen LogP contribution in [0, 0.1) is 5.92 Å². The number of thioether (sulfide) groups is 1. The molecule has 2 atom stereocenters. The van der Waals surface area contributed by atoms with Gasteiger partial charge in [-0.1, -0.05) is 6.92 Å². The highest BCUT2D eigenvalue weighted by Crippen LogP contribution is 2.27. The van der Waals surface area contributed by atoms with Crippen molar-refractivity contribution in [3.63, 3.8) is 0 Å². The Balaban J connectivity index is 1.75. The fraction of sp³-hybridized carbons (Fsp3) is 0.692. The van der Waals surface area contributed by atoms with Gasteiger partial charge in [0.15, 0.2) is 0 Å². The molecule has 0 aromatic carbocycles. The van der Waals surface area contributed by atoms with Crippen molar-refractivity contribution in [3.8, 4) is 5.88 Å². The molecule has 0 saturated carbocycles. The Hall–Kier alpha value is -0.770. The third-order valence-corrected chi connectivity index (χ3v) is 4.69. The molecule has 2 aliphatic rings. The summed E-state index contributed by atoms with van der Waals surface area (Å²) in [6.45, 7) is 2.30. The van der Waals surface area contributed by atoms with E-state index in [1.54, 1.807) is 0 Å². The van der Waals surface area contributed by atoms with Crippen LogP contribution in [0.25, 0.3) is 0 Å². The smallest absolute Gasteiger partial charge is 0.233 e. The highest BCUT2D eigenvalue weighted by atomic mass is 32.2. The fourth-order valence-corrected chi connectivity index (χ4v) is 3.61. The molecule has 0 spiro atoms. The second kappa shape index (κ2) is 4.84. The lowest BCUT2D eigenvalue weighted by Crippen LogP contribution is -2.18. The van der Waals surface area contributed by atoms with Gasteiger partial charge in [-0.2, -0.15) is 16.9 Å². The maximum atomic E-state index is 5.88. The van der Waals surface area contributed by atoms with Crippen molar-refractivity contribution in [1.82, 2.24) is 10.2 Å². The van der Waals surface area contributed by atoms with Gasteiger partial charge in [0.25, 0.3) is 0 Å². The Morgan fingerprint density at radius 3 is 3.12 bits per heavy atom. The number of aryl methyl sites for hydroxylation is 1. The van der Waals surface area contributed by atoms with Crippen LogP contribution in [0.15, 0.2) is 6.07 Å². The summed E-state index contributed by atoms with van der Waals surface area (Å²) >= 11 is 1.96. The zero-order valence-corrected chi connectivity index (χ0v) is 11.0. The quantitative estimate of drug-likeness (QED) is 0.808. The van der Waals surface area contributed by atoms with E-state index in [2.05, 4.69) is 23.2 Å². The van der Waals surface area contributed by atoms with E-state index in [0.29, 0.717) is 6.10 Å². The molecule has 1 aromatic rings. The average molecular weight is 250 g/mol. The molecular formula is C13H18N2OS. The molecule has 2 unspecified atom stereocenters. The minimum absolute atomic E-state index is 0.341. The Morgan fingerprint density at radius 2 is 2.29 bits per heavy atom. The van der Waals surface area contributed by atoms with Crippen LogP contribution in [-0.4, -0.2) is 27.8 Å². The van der Waals surface area contributed by atoms with Gasteiger partial charge in [-0.25, -0.2) is 0 Å². The SMILES string of the molecule is CC1CCc2nnc(OC3CCSC3)cc2C1. The maximum Gasteiger partial charge on any atom is 0.233 e. The molecule has 4 heteroatoms. The van der Waals surface area contributed by atoms with E-state index in [9.17, 15) is 0 Å². The van der Waals surface area contributed by atoms with Crippen molar-refractivity contribution >= 4 is 11.8 Å². The van der Waals surface area contributed by atoms with Crippen LogP contribution in [0.3, 0.4) is 0 Å². The molecule has 0 bridgehead atoms. The highest BCUT2D eigenvalue weighted by Gasteiger charge is 2.21. The predicted molar refractivity (Wildman–Crippen MR) is 69.6 cm³/mol. The zero-order chi connectivity index (χ0) is 11.7. The number of hydrogen-bond acceptors (Lipinski definition) is 4. The van der Waals surface area contributed by atoms with Gasteiger partial charge < -0.3 is 4.74 Å². The molecule has 1 aliphatic heterocycles. The summed E-state index contributed by atoms with van der Waals surface area (Å²) in [6.07, 6.45) is 4.92. The molecule has 92 valence electrons. The number of hydrogen-bond donors (Lipinski definition) is 0. The average Bonchev–Trinajstić information content (AvgIpc) is 2.81. The van der Waals surface area contributed by atoms with Gasteiger partial charge in [0.05, 0.1) is 5.69 Å². The van der Waals surface area contributed by atoms with Crippen molar-refractivity contribution in [2.24, 2.45) is 5.92 Å². The minimum atomic E-state index is 0.341. The summed E-state index contributed by atoms with van der Waals surface area (Å²) in [6, 6.07) is 2.11. The Kier molecular flexibility index (Phi) is 3.23. The molecule has 1 aromatic heterocycles. The zero-order valence-electron chi connectivity index (χ0n) is 10.2.